The molecule has 1 aromatic carbocycles. The molecule has 0 fully saturated rings. The van der Waals surface area contributed by atoms with E-state index >= 15 is 0 Å². The maximum Gasteiger partial charge on any atom is 0.143 e. The van der Waals surface area contributed by atoms with Gasteiger partial charge in [-0.3, -0.25) is 0 Å². The van der Waals surface area contributed by atoms with E-state index in [9.17, 15) is 4.39 Å². The Morgan fingerprint density at radius 3 is 2.43 bits per heavy atom. The molecule has 0 atom stereocenters. The van der Waals surface area contributed by atoms with Gasteiger partial charge in [-0.15, -0.1) is 0 Å². The summed E-state index contributed by atoms with van der Waals surface area (Å²) in [5, 5.41) is 0.444. The van der Waals surface area contributed by atoms with Crippen LogP contribution in [0.1, 0.15) is 19.4 Å². The first-order valence-electron chi connectivity index (χ1n) is 4.22. The first-order valence-corrected chi connectivity index (χ1v) is 4.97. The van der Waals surface area contributed by atoms with Gasteiger partial charge in [0.15, 0.2) is 0 Å². The van der Waals surface area contributed by atoms with E-state index in [0.717, 1.165) is 0 Å². The Bertz CT molecular complexity index is 345. The number of hydrogen-bond acceptors (Lipinski definition) is 1. The number of halogens is 3. The molecule has 1 rings (SSSR count). The third kappa shape index (κ3) is 3.12. The Kier molecular flexibility index (Phi) is 3.40. The molecule has 4 heteroatoms. The molecule has 1 nitrogen and oxygen atoms in total. The zero-order valence-electron chi connectivity index (χ0n) is 8.07. The molecule has 2 N–H and O–H groups in total. The Morgan fingerprint density at radius 2 is 1.93 bits per heavy atom. The van der Waals surface area contributed by atoms with E-state index in [2.05, 4.69) is 0 Å². The van der Waals surface area contributed by atoms with Crippen molar-refractivity contribution in [2.24, 2.45) is 5.73 Å². The van der Waals surface area contributed by atoms with Crippen LogP contribution in [0, 0.1) is 5.82 Å². The molecular weight excluding hydrogens is 224 g/mol. The zero-order chi connectivity index (χ0) is 10.9. The Morgan fingerprint density at radius 1 is 1.36 bits per heavy atom. The SMILES string of the molecule is CC(C)(N)Cc1cc(Cl)cc(F)c1Cl. The fourth-order valence-corrected chi connectivity index (χ4v) is 1.63. The van der Waals surface area contributed by atoms with Gasteiger partial charge in [0.2, 0.25) is 0 Å². The van der Waals surface area contributed by atoms with Crippen molar-refractivity contribution in [1.29, 1.82) is 0 Å². The van der Waals surface area contributed by atoms with Crippen molar-refractivity contribution < 1.29 is 4.39 Å². The van der Waals surface area contributed by atoms with E-state index < -0.39 is 11.4 Å². The lowest BCUT2D eigenvalue weighted by atomic mass is 9.96. The second kappa shape index (κ2) is 4.05. The fourth-order valence-electron chi connectivity index (χ4n) is 1.23. The molecule has 0 amide bonds. The summed E-state index contributed by atoms with van der Waals surface area (Å²) in [6, 6.07) is 2.83. The first kappa shape index (κ1) is 11.8. The second-order valence-electron chi connectivity index (χ2n) is 4.03. The fraction of sp³-hybridized carbons (Fsp3) is 0.400. The average molecular weight is 236 g/mol. The standard InChI is InChI=1S/C10H12Cl2FN/c1-10(2,14)5-6-3-7(11)4-8(13)9(6)12/h3-4H,5,14H2,1-2H3. The van der Waals surface area contributed by atoms with Gasteiger partial charge in [0.25, 0.3) is 0 Å². The molecule has 0 heterocycles. The first-order chi connectivity index (χ1) is 6.29. The smallest absolute Gasteiger partial charge is 0.143 e. The number of rotatable bonds is 2. The van der Waals surface area contributed by atoms with Crippen molar-refractivity contribution >= 4 is 23.2 Å². The highest BCUT2D eigenvalue weighted by Crippen LogP contribution is 2.26. The quantitative estimate of drug-likeness (QED) is 0.782. The third-order valence-electron chi connectivity index (χ3n) is 1.71. The molecule has 0 bridgehead atoms. The highest BCUT2D eigenvalue weighted by molar-refractivity contribution is 6.33. The summed E-state index contributed by atoms with van der Waals surface area (Å²) >= 11 is 11.5. The van der Waals surface area contributed by atoms with Gasteiger partial charge in [0.1, 0.15) is 5.82 Å². The molecule has 0 aliphatic carbocycles. The van der Waals surface area contributed by atoms with Gasteiger partial charge in [-0.25, -0.2) is 4.39 Å². The molecule has 14 heavy (non-hydrogen) atoms. The van der Waals surface area contributed by atoms with Gasteiger partial charge in [0.05, 0.1) is 5.02 Å². The van der Waals surface area contributed by atoms with Crippen molar-refractivity contribution in [3.05, 3.63) is 33.6 Å². The van der Waals surface area contributed by atoms with Crippen LogP contribution in [0.5, 0.6) is 0 Å². The van der Waals surface area contributed by atoms with E-state index in [1.54, 1.807) is 6.07 Å². The van der Waals surface area contributed by atoms with Gasteiger partial charge in [0, 0.05) is 10.6 Å². The van der Waals surface area contributed by atoms with Gasteiger partial charge >= 0.3 is 0 Å². The van der Waals surface area contributed by atoms with Crippen molar-refractivity contribution in [1.82, 2.24) is 0 Å². The summed E-state index contributed by atoms with van der Waals surface area (Å²) in [5.41, 5.74) is 6.03. The van der Waals surface area contributed by atoms with Gasteiger partial charge in [-0.2, -0.15) is 0 Å². The van der Waals surface area contributed by atoms with Crippen molar-refractivity contribution in [2.45, 2.75) is 25.8 Å². The van der Waals surface area contributed by atoms with Crippen molar-refractivity contribution in [3.8, 4) is 0 Å². The molecule has 1 aromatic rings. The lowest BCUT2D eigenvalue weighted by Crippen LogP contribution is -2.34. The molecular formula is C10H12Cl2FN. The van der Waals surface area contributed by atoms with E-state index in [4.69, 9.17) is 28.9 Å². The average Bonchev–Trinajstić information content (AvgIpc) is 1.96. The normalized spacial score (nSPS) is 11.9. The van der Waals surface area contributed by atoms with Crippen LogP contribution in [0.15, 0.2) is 12.1 Å². The van der Waals surface area contributed by atoms with Crippen LogP contribution in [-0.4, -0.2) is 5.54 Å². The van der Waals surface area contributed by atoms with Crippen LogP contribution in [0.25, 0.3) is 0 Å². The lowest BCUT2D eigenvalue weighted by molar-refractivity contribution is 0.514. The van der Waals surface area contributed by atoms with Gasteiger partial charge in [-0.05, 0) is 38.0 Å². The van der Waals surface area contributed by atoms with Gasteiger partial charge < -0.3 is 5.73 Å². The number of benzene rings is 1. The van der Waals surface area contributed by atoms with E-state index in [-0.39, 0.29) is 5.02 Å². The summed E-state index contributed by atoms with van der Waals surface area (Å²) in [7, 11) is 0. The van der Waals surface area contributed by atoms with Gasteiger partial charge in [-0.1, -0.05) is 23.2 Å². The van der Waals surface area contributed by atoms with E-state index in [1.807, 2.05) is 13.8 Å². The van der Waals surface area contributed by atoms with Crippen LogP contribution in [0.3, 0.4) is 0 Å². The minimum absolute atomic E-state index is 0.105. The summed E-state index contributed by atoms with van der Waals surface area (Å²) in [6.45, 7) is 3.70. The molecule has 0 aromatic heterocycles. The molecule has 0 saturated heterocycles. The highest BCUT2D eigenvalue weighted by Gasteiger charge is 2.16. The Labute approximate surface area is 93.0 Å². The maximum atomic E-state index is 13.2. The molecule has 0 spiro atoms. The van der Waals surface area contributed by atoms with Crippen molar-refractivity contribution in [2.75, 3.05) is 0 Å². The topological polar surface area (TPSA) is 26.0 Å². The molecule has 0 aliphatic rings. The molecule has 0 aliphatic heterocycles. The monoisotopic (exact) mass is 235 g/mol. The van der Waals surface area contributed by atoms with Crippen LogP contribution >= 0.6 is 23.2 Å². The number of nitrogens with two attached hydrogens (primary N) is 1. The second-order valence-corrected chi connectivity index (χ2v) is 4.84. The summed E-state index contributed by atoms with van der Waals surface area (Å²) in [4.78, 5) is 0. The lowest BCUT2D eigenvalue weighted by Gasteiger charge is -2.19. The molecule has 0 saturated carbocycles. The predicted molar refractivity (Wildman–Crippen MR) is 58.4 cm³/mol. The van der Waals surface area contributed by atoms with Crippen LogP contribution in [0.4, 0.5) is 4.39 Å². The Hall–Kier alpha value is -0.310. The predicted octanol–water partition coefficient (Wildman–Crippen LogP) is 3.41. The highest BCUT2D eigenvalue weighted by atomic mass is 35.5. The maximum absolute atomic E-state index is 13.2. The van der Waals surface area contributed by atoms with E-state index in [0.29, 0.717) is 17.0 Å². The number of hydrogen-bond donors (Lipinski definition) is 1. The largest absolute Gasteiger partial charge is 0.325 e. The molecule has 78 valence electrons. The zero-order valence-corrected chi connectivity index (χ0v) is 9.58. The minimum Gasteiger partial charge on any atom is -0.325 e. The minimum atomic E-state index is -0.501. The Balaban J connectivity index is 3.09. The third-order valence-corrected chi connectivity index (χ3v) is 2.36. The van der Waals surface area contributed by atoms with E-state index in [1.165, 1.54) is 6.07 Å². The summed E-state index contributed by atoms with van der Waals surface area (Å²) < 4.78 is 13.2. The van der Waals surface area contributed by atoms with Crippen molar-refractivity contribution in [3.63, 3.8) is 0 Å². The molecule has 0 radical (unpaired) electrons. The van der Waals surface area contributed by atoms with Crippen LogP contribution < -0.4 is 5.73 Å². The summed E-state index contributed by atoms with van der Waals surface area (Å²) in [5.74, 6) is -0.501. The van der Waals surface area contributed by atoms with Crippen LogP contribution in [-0.2, 0) is 6.42 Å². The summed E-state index contributed by atoms with van der Waals surface area (Å²) in [6.07, 6.45) is 0.489. The molecule has 0 unspecified atom stereocenters. The van der Waals surface area contributed by atoms with Crippen LogP contribution in [0.2, 0.25) is 10.0 Å².